The molecule has 0 atom stereocenters. The molecule has 1 aliphatic carbocycles. The molecule has 2 aromatic rings. The van der Waals surface area contributed by atoms with Gasteiger partial charge in [0.2, 0.25) is 0 Å². The summed E-state index contributed by atoms with van der Waals surface area (Å²) in [6, 6.07) is 4.53. The second kappa shape index (κ2) is 8.03. The number of carbonyl (C=O) groups is 1. The Morgan fingerprint density at radius 3 is 2.45 bits per heavy atom. The zero-order valence-electron chi connectivity index (χ0n) is 15.7. The van der Waals surface area contributed by atoms with Gasteiger partial charge in [-0.05, 0) is 55.5 Å². The van der Waals surface area contributed by atoms with Crippen LogP contribution in [-0.4, -0.2) is 27.2 Å². The van der Waals surface area contributed by atoms with Crippen LogP contribution in [0, 0.1) is 30.3 Å². The average Bonchev–Trinajstić information content (AvgIpc) is 3.46. The molecule has 2 aromatic carbocycles. The van der Waals surface area contributed by atoms with E-state index in [2.05, 4.69) is 10.8 Å². The van der Waals surface area contributed by atoms with E-state index in [1.807, 2.05) is 0 Å². The summed E-state index contributed by atoms with van der Waals surface area (Å²) in [5, 5.41) is 2.56. The van der Waals surface area contributed by atoms with Crippen molar-refractivity contribution in [2.24, 2.45) is 5.92 Å². The highest BCUT2D eigenvalue weighted by atomic mass is 32.2. The van der Waals surface area contributed by atoms with Crippen molar-refractivity contribution < 1.29 is 31.2 Å². The maximum atomic E-state index is 14.4. The molecule has 0 bridgehead atoms. The SMILES string of the molecule is Cc1cc(S(C)(=O)=O)ccc1Nc1c(C(=O)NOCC2CC2)cc(F)c(F)c1F. The maximum absolute atomic E-state index is 14.4. The van der Waals surface area contributed by atoms with Gasteiger partial charge >= 0.3 is 0 Å². The van der Waals surface area contributed by atoms with Gasteiger partial charge in [-0.1, -0.05) is 0 Å². The molecule has 156 valence electrons. The summed E-state index contributed by atoms with van der Waals surface area (Å²) in [5.74, 6) is -5.45. The van der Waals surface area contributed by atoms with E-state index in [9.17, 15) is 26.4 Å². The van der Waals surface area contributed by atoms with Gasteiger partial charge in [0.05, 0.1) is 22.8 Å². The summed E-state index contributed by atoms with van der Waals surface area (Å²) in [6.45, 7) is 1.82. The van der Waals surface area contributed by atoms with Crippen LogP contribution in [0.25, 0.3) is 0 Å². The van der Waals surface area contributed by atoms with Crippen molar-refractivity contribution in [3.05, 3.63) is 52.8 Å². The van der Waals surface area contributed by atoms with Crippen molar-refractivity contribution in [1.82, 2.24) is 5.48 Å². The molecule has 0 aromatic heterocycles. The molecular weight excluding hydrogens is 409 g/mol. The van der Waals surface area contributed by atoms with Crippen LogP contribution in [0.5, 0.6) is 0 Å². The van der Waals surface area contributed by atoms with Gasteiger partial charge in [-0.15, -0.1) is 0 Å². The normalized spacial score (nSPS) is 14.0. The number of hydroxylamine groups is 1. The van der Waals surface area contributed by atoms with Gasteiger partial charge in [-0.2, -0.15) is 0 Å². The third kappa shape index (κ3) is 4.88. The Kier molecular flexibility index (Phi) is 5.85. The first-order chi connectivity index (χ1) is 13.6. The number of hydrogen-bond donors (Lipinski definition) is 2. The summed E-state index contributed by atoms with van der Waals surface area (Å²) in [6.07, 6.45) is 2.99. The molecule has 3 rings (SSSR count). The summed E-state index contributed by atoms with van der Waals surface area (Å²) >= 11 is 0. The van der Waals surface area contributed by atoms with E-state index in [0.29, 0.717) is 17.5 Å². The van der Waals surface area contributed by atoms with Gasteiger partial charge in [0, 0.05) is 11.9 Å². The topological polar surface area (TPSA) is 84.5 Å². The van der Waals surface area contributed by atoms with Crippen LogP contribution in [-0.2, 0) is 14.7 Å². The van der Waals surface area contributed by atoms with E-state index in [4.69, 9.17) is 4.84 Å². The van der Waals surface area contributed by atoms with E-state index in [0.717, 1.165) is 19.1 Å². The van der Waals surface area contributed by atoms with Crippen LogP contribution >= 0.6 is 0 Å². The Hall–Kier alpha value is -2.59. The highest BCUT2D eigenvalue weighted by Crippen LogP contribution is 2.31. The van der Waals surface area contributed by atoms with Gasteiger partial charge in [-0.25, -0.2) is 27.1 Å². The van der Waals surface area contributed by atoms with Crippen LogP contribution in [0.4, 0.5) is 24.5 Å². The third-order valence-corrected chi connectivity index (χ3v) is 5.58. The molecule has 0 aliphatic heterocycles. The number of benzene rings is 2. The van der Waals surface area contributed by atoms with E-state index >= 15 is 0 Å². The first kappa shape index (κ1) is 21.1. The Morgan fingerprint density at radius 2 is 1.86 bits per heavy atom. The zero-order chi connectivity index (χ0) is 21.3. The molecule has 0 spiro atoms. The molecule has 6 nitrogen and oxygen atoms in total. The Morgan fingerprint density at radius 1 is 1.17 bits per heavy atom. The van der Waals surface area contributed by atoms with Crippen molar-refractivity contribution in [2.45, 2.75) is 24.7 Å². The lowest BCUT2D eigenvalue weighted by molar-refractivity contribution is 0.0270. The fourth-order valence-corrected chi connectivity index (χ4v) is 3.31. The van der Waals surface area contributed by atoms with Crippen molar-refractivity contribution in [3.63, 3.8) is 0 Å². The summed E-state index contributed by atoms with van der Waals surface area (Å²) in [4.78, 5) is 17.4. The second-order valence-corrected chi connectivity index (χ2v) is 8.98. The minimum absolute atomic E-state index is 0.0396. The van der Waals surface area contributed by atoms with Gasteiger partial charge in [0.1, 0.15) is 0 Å². The number of amides is 1. The monoisotopic (exact) mass is 428 g/mol. The van der Waals surface area contributed by atoms with E-state index in [1.54, 1.807) is 6.92 Å². The van der Waals surface area contributed by atoms with Crippen LogP contribution in [0.3, 0.4) is 0 Å². The van der Waals surface area contributed by atoms with Crippen LogP contribution in [0.1, 0.15) is 28.8 Å². The van der Waals surface area contributed by atoms with Gasteiger partial charge < -0.3 is 5.32 Å². The number of anilines is 2. The molecule has 10 heteroatoms. The standard InChI is InChI=1S/C19H19F3N2O4S/c1-10-7-12(29(2,26)27)5-6-15(10)23-18-13(8-14(20)16(21)17(18)22)19(25)24-28-9-11-3-4-11/h5-8,11,23H,3-4,9H2,1-2H3,(H,24,25). The quantitative estimate of drug-likeness (QED) is 0.520. The largest absolute Gasteiger partial charge is 0.352 e. The fraction of sp³-hybridized carbons (Fsp3) is 0.316. The summed E-state index contributed by atoms with van der Waals surface area (Å²) in [7, 11) is -3.46. The third-order valence-electron chi connectivity index (χ3n) is 4.47. The number of hydrogen-bond acceptors (Lipinski definition) is 5. The molecule has 0 unspecified atom stereocenters. The lowest BCUT2D eigenvalue weighted by atomic mass is 10.1. The van der Waals surface area contributed by atoms with Gasteiger partial charge in [0.15, 0.2) is 27.3 Å². The van der Waals surface area contributed by atoms with Crippen molar-refractivity contribution in [1.29, 1.82) is 0 Å². The Labute approximate surface area is 165 Å². The number of aryl methyl sites for hydroxylation is 1. The molecule has 1 fully saturated rings. The molecule has 0 radical (unpaired) electrons. The molecule has 29 heavy (non-hydrogen) atoms. The van der Waals surface area contributed by atoms with E-state index < -0.39 is 44.4 Å². The number of sulfone groups is 1. The molecule has 1 aliphatic rings. The van der Waals surface area contributed by atoms with Crippen molar-refractivity contribution in [3.8, 4) is 0 Å². The minimum atomic E-state index is -3.46. The zero-order valence-corrected chi connectivity index (χ0v) is 16.5. The smallest absolute Gasteiger partial charge is 0.277 e. The lowest BCUT2D eigenvalue weighted by Crippen LogP contribution is -2.26. The molecule has 1 amide bonds. The van der Waals surface area contributed by atoms with Crippen LogP contribution in [0.2, 0.25) is 0 Å². The Balaban J connectivity index is 1.93. The number of nitrogens with one attached hydrogen (secondary N) is 2. The fourth-order valence-electron chi connectivity index (χ4n) is 2.60. The van der Waals surface area contributed by atoms with Crippen LogP contribution in [0.15, 0.2) is 29.2 Å². The molecule has 0 heterocycles. The average molecular weight is 428 g/mol. The lowest BCUT2D eigenvalue weighted by Gasteiger charge is -2.16. The highest BCUT2D eigenvalue weighted by molar-refractivity contribution is 7.90. The highest BCUT2D eigenvalue weighted by Gasteiger charge is 2.25. The van der Waals surface area contributed by atoms with E-state index in [-0.39, 0.29) is 17.2 Å². The Bertz CT molecular complexity index is 1070. The second-order valence-electron chi connectivity index (χ2n) is 6.97. The number of rotatable bonds is 7. The molecule has 1 saturated carbocycles. The molecular formula is C19H19F3N2O4S. The number of carbonyl (C=O) groups excluding carboxylic acids is 1. The minimum Gasteiger partial charge on any atom is -0.352 e. The number of halogens is 3. The van der Waals surface area contributed by atoms with Crippen molar-refractivity contribution >= 4 is 27.1 Å². The molecule has 2 N–H and O–H groups in total. The summed E-state index contributed by atoms with van der Waals surface area (Å²) in [5.41, 5.74) is 1.63. The van der Waals surface area contributed by atoms with E-state index in [1.165, 1.54) is 18.2 Å². The van der Waals surface area contributed by atoms with Gasteiger partial charge in [0.25, 0.3) is 5.91 Å². The molecule has 0 saturated heterocycles. The summed E-state index contributed by atoms with van der Waals surface area (Å²) < 4.78 is 65.2. The predicted molar refractivity (Wildman–Crippen MR) is 100 cm³/mol. The first-order valence-electron chi connectivity index (χ1n) is 8.75. The van der Waals surface area contributed by atoms with Gasteiger partial charge in [-0.3, -0.25) is 9.63 Å². The first-order valence-corrected chi connectivity index (χ1v) is 10.6. The predicted octanol–water partition coefficient (Wildman–Crippen LogP) is 3.63. The van der Waals surface area contributed by atoms with Crippen LogP contribution < -0.4 is 10.8 Å². The maximum Gasteiger partial charge on any atom is 0.277 e. The van der Waals surface area contributed by atoms with Crippen molar-refractivity contribution in [2.75, 3.05) is 18.2 Å².